The third kappa shape index (κ3) is 6.52. The number of carbonyl (C=O) groups excluding carboxylic acids is 3. The van der Waals surface area contributed by atoms with Gasteiger partial charge in [0.25, 0.3) is 15.9 Å². The fraction of sp³-hybridized carbons (Fsp3) is 0.344. The molecule has 0 radical (unpaired) electrons. The average molecular weight is 608 g/mol. The number of halogens is 1. The van der Waals surface area contributed by atoms with E-state index < -0.39 is 27.9 Å². The Morgan fingerprint density at radius 2 is 1.60 bits per heavy atom. The minimum Gasteiger partial charge on any atom is -0.352 e. The van der Waals surface area contributed by atoms with Gasteiger partial charge in [0, 0.05) is 37.0 Å². The zero-order chi connectivity index (χ0) is 29.7. The van der Waals surface area contributed by atoms with Gasteiger partial charge in [0.1, 0.15) is 10.9 Å². The summed E-state index contributed by atoms with van der Waals surface area (Å²) in [5.74, 6) is -1.37. The van der Waals surface area contributed by atoms with Gasteiger partial charge < -0.3 is 10.2 Å². The molecular formula is C32H34ClN3O5S. The monoisotopic (exact) mass is 607 g/mol. The minimum atomic E-state index is -4.07. The third-order valence-corrected chi connectivity index (χ3v) is 10.2. The van der Waals surface area contributed by atoms with Gasteiger partial charge in [-0.3, -0.25) is 14.4 Å². The molecule has 1 fully saturated rings. The number of hydrogen-bond donors (Lipinski definition) is 1. The highest BCUT2D eigenvalue weighted by Gasteiger charge is 2.41. The van der Waals surface area contributed by atoms with Crippen molar-refractivity contribution in [1.82, 2.24) is 14.5 Å². The lowest BCUT2D eigenvalue weighted by atomic mass is 9.94. The van der Waals surface area contributed by atoms with Crippen LogP contribution in [-0.4, -0.2) is 54.0 Å². The molecule has 1 N–H and O–H groups in total. The number of amides is 3. The Morgan fingerprint density at radius 1 is 0.929 bits per heavy atom. The number of sulfonamides is 1. The predicted molar refractivity (Wildman–Crippen MR) is 160 cm³/mol. The molecule has 1 aliphatic carbocycles. The van der Waals surface area contributed by atoms with E-state index in [4.69, 9.17) is 11.6 Å². The maximum atomic E-state index is 14.0. The van der Waals surface area contributed by atoms with Crippen LogP contribution in [0.1, 0.15) is 60.0 Å². The molecule has 10 heteroatoms. The highest BCUT2D eigenvalue weighted by Crippen LogP contribution is 2.30. The zero-order valence-electron chi connectivity index (χ0n) is 23.2. The van der Waals surface area contributed by atoms with Crippen LogP contribution in [0.2, 0.25) is 5.02 Å². The number of nitrogens with zero attached hydrogens (tertiary/aromatic N) is 2. The van der Waals surface area contributed by atoms with Gasteiger partial charge in [0.05, 0.1) is 5.56 Å². The molecule has 220 valence electrons. The summed E-state index contributed by atoms with van der Waals surface area (Å²) < 4.78 is 27.0. The van der Waals surface area contributed by atoms with Crippen molar-refractivity contribution in [3.8, 4) is 0 Å². The molecule has 8 nitrogen and oxygen atoms in total. The molecule has 0 aromatic heterocycles. The first kappa shape index (κ1) is 29.8. The minimum absolute atomic E-state index is 0.0349. The number of fused-ring (bicyclic) bond motifs is 1. The SMILES string of the molecule is O=C(NC1CCCCC1)[C@@H](Cc1ccccc1)N(Cc1ccccc1Cl)C(=O)CCN1C(=O)c2ccccc2S1(=O)=O. The topological polar surface area (TPSA) is 104 Å². The summed E-state index contributed by atoms with van der Waals surface area (Å²) in [7, 11) is -4.07. The van der Waals surface area contributed by atoms with E-state index in [1.54, 1.807) is 30.3 Å². The van der Waals surface area contributed by atoms with Crippen LogP contribution in [0, 0.1) is 0 Å². The van der Waals surface area contributed by atoms with E-state index in [-0.39, 0.29) is 48.3 Å². The van der Waals surface area contributed by atoms with Crippen LogP contribution < -0.4 is 5.32 Å². The molecule has 42 heavy (non-hydrogen) atoms. The molecule has 5 rings (SSSR count). The second-order valence-electron chi connectivity index (χ2n) is 10.8. The number of benzene rings is 3. The van der Waals surface area contributed by atoms with Gasteiger partial charge in [0.15, 0.2) is 0 Å². The summed E-state index contributed by atoms with van der Waals surface area (Å²) in [5.41, 5.74) is 1.63. The Balaban J connectivity index is 1.43. The lowest BCUT2D eigenvalue weighted by Crippen LogP contribution is -2.53. The number of hydrogen-bond acceptors (Lipinski definition) is 5. The van der Waals surface area contributed by atoms with Crippen molar-refractivity contribution in [1.29, 1.82) is 0 Å². The second kappa shape index (κ2) is 13.1. The number of rotatable bonds is 10. The van der Waals surface area contributed by atoms with Gasteiger partial charge in [-0.2, -0.15) is 0 Å². The molecule has 0 saturated heterocycles. The molecule has 3 amide bonds. The highest BCUT2D eigenvalue weighted by atomic mass is 35.5. The Hall–Kier alpha value is -3.69. The van der Waals surface area contributed by atoms with Crippen LogP contribution >= 0.6 is 11.6 Å². The van der Waals surface area contributed by atoms with Crippen LogP contribution in [0.4, 0.5) is 0 Å². The molecule has 3 aromatic rings. The van der Waals surface area contributed by atoms with E-state index >= 15 is 0 Å². The van der Waals surface area contributed by atoms with E-state index in [0.717, 1.165) is 42.0 Å². The average Bonchev–Trinajstić information content (AvgIpc) is 3.19. The Kier molecular flexibility index (Phi) is 9.28. The van der Waals surface area contributed by atoms with Crippen LogP contribution in [0.5, 0.6) is 0 Å². The molecule has 2 aliphatic rings. The van der Waals surface area contributed by atoms with Gasteiger partial charge in [-0.15, -0.1) is 0 Å². The molecule has 0 spiro atoms. The third-order valence-electron chi connectivity index (χ3n) is 7.96. The Bertz CT molecular complexity index is 1560. The molecule has 1 saturated carbocycles. The van der Waals surface area contributed by atoms with Crippen LogP contribution in [0.3, 0.4) is 0 Å². The second-order valence-corrected chi connectivity index (χ2v) is 13.0. The van der Waals surface area contributed by atoms with Crippen molar-refractivity contribution < 1.29 is 22.8 Å². The quantitative estimate of drug-likeness (QED) is 0.351. The van der Waals surface area contributed by atoms with E-state index in [0.29, 0.717) is 10.6 Å². The van der Waals surface area contributed by atoms with Crippen LogP contribution in [0.15, 0.2) is 83.8 Å². The van der Waals surface area contributed by atoms with Crippen LogP contribution in [0.25, 0.3) is 0 Å². The lowest BCUT2D eigenvalue weighted by Gasteiger charge is -2.34. The maximum absolute atomic E-state index is 14.0. The van der Waals surface area contributed by atoms with Gasteiger partial charge in [-0.1, -0.05) is 91.5 Å². The van der Waals surface area contributed by atoms with Gasteiger partial charge in [0.2, 0.25) is 11.8 Å². The molecule has 1 aliphatic heterocycles. The van der Waals surface area contributed by atoms with Crippen LogP contribution in [-0.2, 0) is 32.6 Å². The van der Waals surface area contributed by atoms with Crippen molar-refractivity contribution in [2.45, 2.75) is 68.5 Å². The fourth-order valence-corrected chi connectivity index (χ4v) is 7.47. The normalized spacial score (nSPS) is 17.0. The maximum Gasteiger partial charge on any atom is 0.269 e. The lowest BCUT2D eigenvalue weighted by molar-refractivity contribution is -0.141. The first-order valence-electron chi connectivity index (χ1n) is 14.3. The largest absolute Gasteiger partial charge is 0.352 e. The summed E-state index contributed by atoms with van der Waals surface area (Å²) in [6, 6.07) is 21.8. The summed E-state index contributed by atoms with van der Waals surface area (Å²) in [6.07, 6.45) is 4.97. The standard InChI is InChI=1S/C32H34ClN3O5S/c33-27-17-9-7-13-24(27)22-35(30(37)19-20-36-32(39)26-16-8-10-18-29(26)42(36,40)41)28(21-23-11-3-1-4-12-23)31(38)34-25-14-5-2-6-15-25/h1,3-4,7-13,16-18,25,28H,2,5-6,14-15,19-22H2,(H,34,38)/t28-/m1/s1. The molecular weight excluding hydrogens is 574 g/mol. The van der Waals surface area contributed by atoms with Crippen molar-refractivity contribution in [2.24, 2.45) is 0 Å². The van der Waals surface area contributed by atoms with Crippen molar-refractivity contribution in [2.75, 3.05) is 6.54 Å². The molecule has 0 unspecified atom stereocenters. The Morgan fingerprint density at radius 3 is 2.31 bits per heavy atom. The van der Waals surface area contributed by atoms with Crippen molar-refractivity contribution in [3.63, 3.8) is 0 Å². The summed E-state index contributed by atoms with van der Waals surface area (Å²) in [5, 5.41) is 3.63. The van der Waals surface area contributed by atoms with Gasteiger partial charge in [-0.05, 0) is 42.2 Å². The smallest absolute Gasteiger partial charge is 0.269 e. The Labute approximate surface area is 251 Å². The van der Waals surface area contributed by atoms with Crippen molar-refractivity contribution in [3.05, 3.63) is 101 Å². The highest BCUT2D eigenvalue weighted by molar-refractivity contribution is 7.90. The molecule has 1 atom stereocenters. The van der Waals surface area contributed by atoms with Crippen molar-refractivity contribution >= 4 is 39.3 Å². The molecule has 0 bridgehead atoms. The first-order valence-corrected chi connectivity index (χ1v) is 16.1. The molecule has 1 heterocycles. The summed E-state index contributed by atoms with van der Waals surface area (Å²) in [6.45, 7) is -0.287. The van der Waals surface area contributed by atoms with Gasteiger partial charge >= 0.3 is 0 Å². The number of nitrogens with one attached hydrogen (secondary N) is 1. The summed E-state index contributed by atoms with van der Waals surface area (Å²) in [4.78, 5) is 42.3. The van der Waals surface area contributed by atoms with E-state index in [1.807, 2.05) is 36.4 Å². The summed E-state index contributed by atoms with van der Waals surface area (Å²) >= 11 is 6.49. The zero-order valence-corrected chi connectivity index (χ0v) is 24.8. The van der Waals surface area contributed by atoms with Gasteiger partial charge in [-0.25, -0.2) is 12.7 Å². The van der Waals surface area contributed by atoms with E-state index in [2.05, 4.69) is 5.32 Å². The van der Waals surface area contributed by atoms with E-state index in [9.17, 15) is 22.8 Å². The first-order chi connectivity index (χ1) is 20.3. The number of carbonyl (C=O) groups is 3. The molecule has 3 aromatic carbocycles. The predicted octanol–water partition coefficient (Wildman–Crippen LogP) is 4.96. The fourth-order valence-electron chi connectivity index (χ4n) is 5.70. The van der Waals surface area contributed by atoms with E-state index in [1.165, 1.54) is 17.0 Å².